The van der Waals surface area contributed by atoms with E-state index < -0.39 is 0 Å². The highest BCUT2D eigenvalue weighted by Crippen LogP contribution is 2.48. The number of thiophene rings is 2. The molecule has 0 fully saturated rings. The summed E-state index contributed by atoms with van der Waals surface area (Å²) in [4.78, 5) is 0. The molecule has 0 aliphatic rings. The number of fused-ring (bicyclic) bond motifs is 24. The van der Waals surface area contributed by atoms with Gasteiger partial charge in [0.1, 0.15) is 0 Å². The molecule has 27 rings (SSSR count). The molecule has 19 aromatic carbocycles. The quantitative estimate of drug-likeness (QED) is 0.145. The third kappa shape index (κ3) is 11.5. The molecule has 0 radical (unpaired) electrons. The van der Waals surface area contributed by atoms with Crippen molar-refractivity contribution >= 4 is 194 Å². The first-order chi connectivity index (χ1) is 61.8. The molecule has 0 amide bonds. The summed E-state index contributed by atoms with van der Waals surface area (Å²) in [7, 11) is 6.46. The van der Waals surface area contributed by atoms with Crippen LogP contribution in [-0.2, 0) is 21.1 Å². The van der Waals surface area contributed by atoms with Gasteiger partial charge in [-0.25, -0.2) is 0 Å². The predicted octanol–water partition coefficient (Wildman–Crippen LogP) is 32.4. The number of aromatic nitrogens is 6. The van der Waals surface area contributed by atoms with Crippen LogP contribution in [0, 0.1) is 0 Å². The maximum atomic E-state index is 2.47. The summed E-state index contributed by atoms with van der Waals surface area (Å²) in [6.45, 7) is 0. The molecule has 0 aliphatic heterocycles. The fourth-order valence-corrected chi connectivity index (χ4v) is 23.0. The number of nitrogens with zero attached hydrogens (tertiary/aromatic N) is 6. The number of hydrogen-bond donors (Lipinski definition) is 0. The van der Waals surface area contributed by atoms with Gasteiger partial charge in [0.25, 0.3) is 0 Å². The fourth-order valence-electron chi connectivity index (χ4n) is 20.5. The molecule has 27 aromatic rings. The summed E-state index contributed by atoms with van der Waals surface area (Å²) >= 11 is 3.79. The molecule has 0 saturated carbocycles. The van der Waals surface area contributed by atoms with Crippen LogP contribution in [0.1, 0.15) is 0 Å². The molecule has 125 heavy (non-hydrogen) atoms. The van der Waals surface area contributed by atoms with E-state index in [1.165, 1.54) is 244 Å². The van der Waals surface area contributed by atoms with Crippen molar-refractivity contribution < 1.29 is 0 Å². The molecule has 8 aromatic heterocycles. The van der Waals surface area contributed by atoms with Gasteiger partial charge < -0.3 is 27.4 Å². The lowest BCUT2D eigenvalue weighted by molar-refractivity contribution is 1.01. The second-order valence-corrected chi connectivity index (χ2v) is 35.2. The van der Waals surface area contributed by atoms with Crippen molar-refractivity contribution in [2.45, 2.75) is 0 Å². The largest absolute Gasteiger partial charge is 0.344 e. The van der Waals surface area contributed by atoms with Crippen LogP contribution in [0.4, 0.5) is 0 Å². The summed E-state index contributed by atoms with van der Waals surface area (Å²) in [6.07, 6.45) is 0. The van der Waals surface area contributed by atoms with Gasteiger partial charge in [-0.05, 0) is 195 Å². The molecule has 0 atom stereocenters. The zero-order valence-electron chi connectivity index (χ0n) is 68.8. The number of hydrogen-bond acceptors (Lipinski definition) is 2. The van der Waals surface area contributed by atoms with E-state index in [1.54, 1.807) is 0 Å². The highest BCUT2D eigenvalue weighted by Gasteiger charge is 2.23. The summed E-state index contributed by atoms with van der Waals surface area (Å²) in [5, 5.41) is 20.7. The molecule has 0 saturated heterocycles. The van der Waals surface area contributed by atoms with Gasteiger partial charge in [0.05, 0.1) is 53.9 Å². The molecule has 0 unspecified atom stereocenters. The summed E-state index contributed by atoms with van der Waals surface area (Å²) in [5.41, 5.74) is 31.0. The SMILES string of the molecule is Cn1c2ccccc2c2cc(-c3ccc4c(c3)c3ccccc3n4-c3ccc(-c4ccccc4)cc3)ccc21.Cn1c2ccccc2c2cc(-c3ccc4c(c3)c3ccccc3n4-c3cccc4c3sc3c(-c5ccccc5)cccc34)ccc21.Cn1c2ccccc2c2cc(-c3ccc4c(c3)c3ccccc3n4-c3cccc4c3sc3ccccc34)ccc21. The Kier molecular flexibility index (Phi) is 16.6. The molecule has 588 valence electrons. The van der Waals surface area contributed by atoms with Gasteiger partial charge in [0.2, 0.25) is 0 Å². The Bertz CT molecular complexity index is 9090. The second-order valence-electron chi connectivity index (χ2n) is 33.1. The van der Waals surface area contributed by atoms with Gasteiger partial charge in [-0.3, -0.25) is 0 Å². The molecule has 8 heteroatoms. The first kappa shape index (κ1) is 72.3. The van der Waals surface area contributed by atoms with E-state index >= 15 is 0 Å². The molecular formula is C117H78N6S2. The van der Waals surface area contributed by atoms with E-state index in [0.29, 0.717) is 0 Å². The van der Waals surface area contributed by atoms with E-state index in [9.17, 15) is 0 Å². The molecule has 0 bridgehead atoms. The predicted molar refractivity (Wildman–Crippen MR) is 537 cm³/mol. The lowest BCUT2D eigenvalue weighted by atomic mass is 10.0. The van der Waals surface area contributed by atoms with Crippen LogP contribution in [0.3, 0.4) is 0 Å². The van der Waals surface area contributed by atoms with Crippen molar-refractivity contribution in [2.75, 3.05) is 0 Å². The zero-order chi connectivity index (χ0) is 82.6. The average Bonchev–Trinajstić information content (AvgIpc) is 1.51. The second kappa shape index (κ2) is 28.8. The lowest BCUT2D eigenvalue weighted by Gasteiger charge is -2.10. The summed E-state index contributed by atoms with van der Waals surface area (Å²) in [5.74, 6) is 0. The van der Waals surface area contributed by atoms with Crippen molar-refractivity contribution in [2.24, 2.45) is 21.1 Å². The van der Waals surface area contributed by atoms with Gasteiger partial charge in [-0.1, -0.05) is 279 Å². The van der Waals surface area contributed by atoms with E-state index in [-0.39, 0.29) is 0 Å². The van der Waals surface area contributed by atoms with Gasteiger partial charge in [0.15, 0.2) is 0 Å². The van der Waals surface area contributed by atoms with Gasteiger partial charge in [-0.15, -0.1) is 22.7 Å². The molecule has 0 N–H and O–H groups in total. The summed E-state index contributed by atoms with van der Waals surface area (Å²) in [6, 6.07) is 153. The van der Waals surface area contributed by atoms with Crippen molar-refractivity contribution in [3.8, 4) is 72.7 Å². The molecule has 0 aliphatic carbocycles. The Morgan fingerprint density at radius 2 is 0.424 bits per heavy atom. The van der Waals surface area contributed by atoms with E-state index in [2.05, 4.69) is 467 Å². The fraction of sp³-hybridized carbons (Fsp3) is 0.0256. The van der Waals surface area contributed by atoms with Crippen LogP contribution < -0.4 is 0 Å². The number of para-hydroxylation sites is 6. The highest BCUT2D eigenvalue weighted by molar-refractivity contribution is 7.27. The Morgan fingerprint density at radius 3 is 0.848 bits per heavy atom. The number of aryl methyl sites for hydroxylation is 3. The zero-order valence-corrected chi connectivity index (χ0v) is 70.5. The van der Waals surface area contributed by atoms with Crippen LogP contribution >= 0.6 is 22.7 Å². The third-order valence-electron chi connectivity index (χ3n) is 26.4. The van der Waals surface area contributed by atoms with Crippen molar-refractivity contribution in [1.82, 2.24) is 27.4 Å². The Balaban J connectivity index is 0.000000103. The highest BCUT2D eigenvalue weighted by atomic mass is 32.1. The maximum Gasteiger partial charge on any atom is 0.0640 e. The molecule has 8 heterocycles. The summed E-state index contributed by atoms with van der Waals surface area (Å²) < 4.78 is 19.5. The van der Waals surface area contributed by atoms with Gasteiger partial charge in [-0.2, -0.15) is 0 Å². The van der Waals surface area contributed by atoms with Crippen LogP contribution in [0.5, 0.6) is 0 Å². The molecule has 0 spiro atoms. The Hall–Kier alpha value is -15.6. The maximum absolute atomic E-state index is 2.47. The van der Waals surface area contributed by atoms with E-state index in [0.717, 1.165) is 0 Å². The molecule has 6 nitrogen and oxygen atoms in total. The van der Waals surface area contributed by atoms with Crippen LogP contribution in [0.25, 0.3) is 244 Å². The first-order valence-electron chi connectivity index (χ1n) is 42.9. The third-order valence-corrected chi connectivity index (χ3v) is 28.9. The van der Waals surface area contributed by atoms with Gasteiger partial charge in [0, 0.05) is 156 Å². The van der Waals surface area contributed by atoms with Crippen molar-refractivity contribution in [3.63, 3.8) is 0 Å². The minimum atomic E-state index is 1.17. The normalized spacial score (nSPS) is 12.0. The smallest absolute Gasteiger partial charge is 0.0640 e. The topological polar surface area (TPSA) is 29.6 Å². The average molecular weight is 1630 g/mol. The van der Waals surface area contributed by atoms with Gasteiger partial charge >= 0.3 is 0 Å². The first-order valence-corrected chi connectivity index (χ1v) is 44.5. The Labute approximate surface area is 728 Å². The minimum Gasteiger partial charge on any atom is -0.344 e. The monoisotopic (exact) mass is 1630 g/mol. The van der Waals surface area contributed by atoms with Crippen LogP contribution in [0.15, 0.2) is 419 Å². The Morgan fingerprint density at radius 1 is 0.160 bits per heavy atom. The number of rotatable bonds is 8. The minimum absolute atomic E-state index is 1.17. The lowest BCUT2D eigenvalue weighted by Crippen LogP contribution is -1.93. The van der Waals surface area contributed by atoms with E-state index in [4.69, 9.17) is 0 Å². The standard InChI is InChI=1S/C43H28N2S.C37H24N2S.C37H26N2/c1-44-37-18-7-5-13-31(37)35-25-28(21-23-38(35)44)29-22-24-40-36(26-29)32-14-6-8-19-39(32)45(40)41-20-10-17-34-33-16-9-15-30(42(33)46-43(34)41)27-11-3-2-4-12-27;1-38-31-13-5-2-9-25(31)29-21-23(17-19-32(29)38)24-18-20-34-30(22-24)26-10-3-6-14-33(26)39(34)35-15-8-12-28-27-11-4-7-16-36(27)40-37(28)35;1-38-34-13-7-5-11-30(34)32-23-27(17-21-35(32)38)28-18-22-37-33(24-28)31-12-6-8-14-36(31)39(37)29-19-15-26(16-20-29)25-9-3-2-4-10-25/h2-26H,1H3;2-22H,1H3;2-24H,1H3. The number of benzene rings is 19. The van der Waals surface area contributed by atoms with Crippen molar-refractivity contribution in [3.05, 3.63) is 419 Å². The van der Waals surface area contributed by atoms with Crippen molar-refractivity contribution in [1.29, 1.82) is 0 Å². The van der Waals surface area contributed by atoms with Crippen LogP contribution in [-0.4, -0.2) is 27.4 Å². The molecular weight excluding hydrogens is 1550 g/mol. The van der Waals surface area contributed by atoms with Crippen LogP contribution in [0.2, 0.25) is 0 Å². The van der Waals surface area contributed by atoms with E-state index in [1.807, 2.05) is 22.7 Å².